The van der Waals surface area contributed by atoms with Gasteiger partial charge in [-0.15, -0.1) is 24.5 Å². The van der Waals surface area contributed by atoms with Crippen LogP contribution in [0.25, 0.3) is 22.4 Å². The topological polar surface area (TPSA) is 63.4 Å². The van der Waals surface area contributed by atoms with E-state index in [-0.39, 0.29) is 16.8 Å². The quantitative estimate of drug-likeness (QED) is 0.727. The summed E-state index contributed by atoms with van der Waals surface area (Å²) >= 11 is 1.40. The van der Waals surface area contributed by atoms with Crippen LogP contribution in [-0.4, -0.2) is 41.5 Å². The van der Waals surface area contributed by atoms with Gasteiger partial charge in [0.2, 0.25) is 0 Å². The zero-order chi connectivity index (χ0) is 18.6. The molecule has 2 unspecified atom stereocenters. The van der Waals surface area contributed by atoms with E-state index in [1.807, 2.05) is 10.3 Å². The third-order valence-electron chi connectivity index (χ3n) is 4.92. The maximum absolute atomic E-state index is 12.8. The Morgan fingerprint density at radius 2 is 2.00 bits per heavy atom. The lowest BCUT2D eigenvalue weighted by Crippen LogP contribution is -2.51. The van der Waals surface area contributed by atoms with Crippen molar-refractivity contribution in [2.24, 2.45) is 0 Å². The molecule has 4 heterocycles. The molecule has 10 heteroatoms. The fraction of sp³-hybridized carbons (Fsp3) is 0.412. The van der Waals surface area contributed by atoms with Crippen LogP contribution in [-0.2, 0) is 0 Å². The van der Waals surface area contributed by atoms with Crippen molar-refractivity contribution in [3.63, 3.8) is 0 Å². The Balaban J connectivity index is 1.61. The Bertz CT molecular complexity index is 961. The minimum atomic E-state index is -4.80. The van der Waals surface area contributed by atoms with Crippen molar-refractivity contribution in [1.82, 2.24) is 15.3 Å². The van der Waals surface area contributed by atoms with Gasteiger partial charge in [-0.3, -0.25) is 0 Å². The number of ether oxygens (including phenoxy) is 1. The summed E-state index contributed by atoms with van der Waals surface area (Å²) in [6, 6.07) is 3.80. The summed E-state index contributed by atoms with van der Waals surface area (Å²) in [7, 11) is 0. The van der Waals surface area contributed by atoms with E-state index < -0.39 is 6.36 Å². The monoisotopic (exact) mass is 396 g/mol. The third kappa shape index (κ3) is 3.12. The first kappa shape index (κ1) is 16.8. The summed E-state index contributed by atoms with van der Waals surface area (Å²) in [4.78, 5) is 10.6. The van der Waals surface area contributed by atoms with Crippen LogP contribution in [0.2, 0.25) is 0 Å². The fourth-order valence-corrected chi connectivity index (χ4v) is 4.37. The number of benzene rings is 1. The Kier molecular flexibility index (Phi) is 3.80. The van der Waals surface area contributed by atoms with Gasteiger partial charge in [0.25, 0.3) is 6.01 Å². The minimum absolute atomic E-state index is 0.0544. The SMILES string of the molecule is FC(F)(F)Oc1ccc(-c2cscn2)c2oc(N3CC4CCC(C3)N4)nc12. The van der Waals surface area contributed by atoms with Crippen LogP contribution >= 0.6 is 11.3 Å². The number of piperazine rings is 1. The maximum Gasteiger partial charge on any atom is 0.573 e. The van der Waals surface area contributed by atoms with Crippen LogP contribution in [0.15, 0.2) is 27.4 Å². The summed E-state index contributed by atoms with van der Waals surface area (Å²) in [5.74, 6) is -0.371. The van der Waals surface area contributed by atoms with Crippen molar-refractivity contribution in [2.75, 3.05) is 18.0 Å². The molecule has 0 spiro atoms. The highest BCUT2D eigenvalue weighted by Gasteiger charge is 2.36. The molecule has 0 saturated carbocycles. The summed E-state index contributed by atoms with van der Waals surface area (Å²) in [6.45, 7) is 1.43. The molecule has 0 amide bonds. The number of halogens is 3. The average molecular weight is 396 g/mol. The predicted molar refractivity (Wildman–Crippen MR) is 94.0 cm³/mol. The third-order valence-corrected chi connectivity index (χ3v) is 5.50. The van der Waals surface area contributed by atoms with E-state index in [0.29, 0.717) is 42.4 Å². The summed E-state index contributed by atoms with van der Waals surface area (Å²) in [5, 5.41) is 5.32. The number of thiazole rings is 1. The molecule has 2 aromatic heterocycles. The van der Waals surface area contributed by atoms with Crippen molar-refractivity contribution in [3.05, 3.63) is 23.0 Å². The van der Waals surface area contributed by atoms with E-state index in [1.54, 1.807) is 5.51 Å². The zero-order valence-corrected chi connectivity index (χ0v) is 14.8. The van der Waals surface area contributed by atoms with Gasteiger partial charge in [0.15, 0.2) is 16.8 Å². The number of anilines is 1. The molecule has 2 saturated heterocycles. The second-order valence-corrected chi connectivity index (χ2v) is 7.47. The van der Waals surface area contributed by atoms with Gasteiger partial charge in [-0.1, -0.05) is 0 Å². The molecule has 2 aliphatic heterocycles. The molecule has 2 aliphatic rings. The van der Waals surface area contributed by atoms with Crippen molar-refractivity contribution in [2.45, 2.75) is 31.3 Å². The fourth-order valence-electron chi connectivity index (χ4n) is 3.81. The number of rotatable bonds is 3. The van der Waals surface area contributed by atoms with E-state index >= 15 is 0 Å². The molecule has 0 aliphatic carbocycles. The number of hydrogen-bond acceptors (Lipinski definition) is 7. The standard InChI is InChI=1S/C17H15F3N4O2S/c18-17(19,20)26-13-4-3-11(12-7-27-8-21-12)15-14(13)23-16(25-15)24-5-9-1-2-10(6-24)22-9/h3-4,7-10,22H,1-2,5-6H2. The molecule has 2 bridgehead atoms. The molecular weight excluding hydrogens is 381 g/mol. The average Bonchev–Trinajstić information content (AvgIpc) is 3.34. The van der Waals surface area contributed by atoms with E-state index in [1.165, 1.54) is 23.5 Å². The lowest BCUT2D eigenvalue weighted by atomic mass is 10.1. The number of aromatic nitrogens is 2. The second kappa shape index (κ2) is 6.10. The Morgan fingerprint density at radius 3 is 2.67 bits per heavy atom. The van der Waals surface area contributed by atoms with Crippen LogP contribution in [0.3, 0.4) is 0 Å². The van der Waals surface area contributed by atoms with Gasteiger partial charge in [-0.05, 0) is 25.0 Å². The highest BCUT2D eigenvalue weighted by molar-refractivity contribution is 7.07. The van der Waals surface area contributed by atoms with Crippen LogP contribution in [0.5, 0.6) is 5.75 Å². The molecule has 27 heavy (non-hydrogen) atoms. The first-order valence-corrected chi connectivity index (χ1v) is 9.49. The first-order valence-electron chi connectivity index (χ1n) is 8.55. The highest BCUT2D eigenvalue weighted by Crippen LogP contribution is 2.39. The van der Waals surface area contributed by atoms with E-state index in [0.717, 1.165) is 12.8 Å². The molecule has 1 aromatic carbocycles. The van der Waals surface area contributed by atoms with Crippen LogP contribution < -0.4 is 15.0 Å². The molecule has 6 nitrogen and oxygen atoms in total. The van der Waals surface area contributed by atoms with Gasteiger partial charge < -0.3 is 19.4 Å². The number of hydrogen-bond donors (Lipinski definition) is 1. The number of oxazole rings is 1. The summed E-state index contributed by atoms with van der Waals surface area (Å²) < 4.78 is 48.5. The number of alkyl halides is 3. The van der Waals surface area contributed by atoms with Gasteiger partial charge >= 0.3 is 6.36 Å². The van der Waals surface area contributed by atoms with Crippen molar-refractivity contribution in [3.8, 4) is 17.0 Å². The van der Waals surface area contributed by atoms with Gasteiger partial charge in [0.05, 0.1) is 11.2 Å². The van der Waals surface area contributed by atoms with Crippen LogP contribution in [0.4, 0.5) is 19.2 Å². The molecule has 1 N–H and O–H groups in total. The van der Waals surface area contributed by atoms with E-state index in [4.69, 9.17) is 4.42 Å². The lowest BCUT2D eigenvalue weighted by Gasteiger charge is -2.31. The largest absolute Gasteiger partial charge is 0.573 e. The van der Waals surface area contributed by atoms with Gasteiger partial charge in [-0.2, -0.15) is 4.98 Å². The molecule has 2 atom stereocenters. The predicted octanol–water partition coefficient (Wildman–Crippen LogP) is 3.79. The summed E-state index contributed by atoms with van der Waals surface area (Å²) in [6.07, 6.45) is -2.65. The number of fused-ring (bicyclic) bond motifs is 3. The molecule has 142 valence electrons. The Labute approximate surface area is 156 Å². The van der Waals surface area contributed by atoms with E-state index in [2.05, 4.69) is 20.0 Å². The van der Waals surface area contributed by atoms with Crippen LogP contribution in [0.1, 0.15) is 12.8 Å². The molecular formula is C17H15F3N4O2S. The smallest absolute Gasteiger partial charge is 0.423 e. The Morgan fingerprint density at radius 1 is 1.22 bits per heavy atom. The van der Waals surface area contributed by atoms with Crippen molar-refractivity contribution >= 4 is 28.5 Å². The highest BCUT2D eigenvalue weighted by atomic mass is 32.1. The number of nitrogens with one attached hydrogen (secondary N) is 1. The minimum Gasteiger partial charge on any atom is -0.423 e. The molecule has 5 rings (SSSR count). The zero-order valence-electron chi connectivity index (χ0n) is 14.0. The summed E-state index contributed by atoms with van der Waals surface area (Å²) in [5.41, 5.74) is 3.19. The lowest BCUT2D eigenvalue weighted by molar-refractivity contribution is -0.274. The maximum atomic E-state index is 12.8. The van der Waals surface area contributed by atoms with Crippen molar-refractivity contribution in [1.29, 1.82) is 0 Å². The van der Waals surface area contributed by atoms with Gasteiger partial charge in [0.1, 0.15) is 0 Å². The molecule has 3 aromatic rings. The number of nitrogens with zero attached hydrogens (tertiary/aromatic N) is 3. The normalized spacial score (nSPS) is 22.6. The van der Waals surface area contributed by atoms with Gasteiger partial charge in [0, 0.05) is 36.1 Å². The van der Waals surface area contributed by atoms with Gasteiger partial charge in [-0.25, -0.2) is 4.98 Å². The van der Waals surface area contributed by atoms with Crippen molar-refractivity contribution < 1.29 is 22.3 Å². The first-order chi connectivity index (χ1) is 13.0. The molecule has 2 fully saturated rings. The van der Waals surface area contributed by atoms with Crippen LogP contribution in [0, 0.1) is 0 Å². The Hall–Kier alpha value is -2.33. The second-order valence-electron chi connectivity index (χ2n) is 6.75. The molecule has 0 radical (unpaired) electrons. The van der Waals surface area contributed by atoms with E-state index in [9.17, 15) is 13.2 Å².